The van der Waals surface area contributed by atoms with Crippen molar-refractivity contribution < 1.29 is 24.2 Å². The van der Waals surface area contributed by atoms with Gasteiger partial charge in [-0.15, -0.1) is 0 Å². The van der Waals surface area contributed by atoms with Crippen LogP contribution in [0.5, 0.6) is 5.75 Å². The van der Waals surface area contributed by atoms with Crippen LogP contribution in [0, 0.1) is 0 Å². The Hall–Kier alpha value is -2.54. The largest absolute Gasteiger partial charge is 0.550 e. The minimum atomic E-state index is -1.20. The molecule has 1 aliphatic heterocycles. The molecule has 1 heterocycles. The fraction of sp³-hybridized carbons (Fsp3) is 0.235. The van der Waals surface area contributed by atoms with Gasteiger partial charge in [-0.25, -0.2) is 0 Å². The number of hydrogen-bond donors (Lipinski definition) is 0. The van der Waals surface area contributed by atoms with Gasteiger partial charge in [0.2, 0.25) is 0 Å². The summed E-state index contributed by atoms with van der Waals surface area (Å²) in [6.07, 6.45) is 3.27. The van der Waals surface area contributed by atoms with E-state index in [-0.39, 0.29) is 19.4 Å². The van der Waals surface area contributed by atoms with Crippen LogP contribution in [-0.4, -0.2) is 35.2 Å². The highest BCUT2D eigenvalue weighted by atomic mass is 32.2. The highest BCUT2D eigenvalue weighted by Gasteiger charge is 2.34. The normalized spacial score (nSPS) is 15.8. The van der Waals surface area contributed by atoms with Gasteiger partial charge in [0.15, 0.2) is 0 Å². The molecule has 7 heteroatoms. The van der Waals surface area contributed by atoms with Crippen LogP contribution < -0.4 is 9.84 Å². The number of imide groups is 1. The Balaban J connectivity index is 2.02. The number of amides is 2. The van der Waals surface area contributed by atoms with Crippen LogP contribution in [0.15, 0.2) is 41.8 Å². The van der Waals surface area contributed by atoms with Crippen LogP contribution in [0.25, 0.3) is 6.08 Å². The van der Waals surface area contributed by atoms with Crippen molar-refractivity contribution in [1.29, 1.82) is 0 Å². The molecule has 0 radical (unpaired) electrons. The maximum Gasteiger partial charge on any atom is 0.293 e. The molecular formula is C17H16NO5S-. The van der Waals surface area contributed by atoms with Crippen molar-refractivity contribution in [1.82, 2.24) is 4.90 Å². The first kappa shape index (κ1) is 17.8. The summed E-state index contributed by atoms with van der Waals surface area (Å²) in [6, 6.07) is 7.09. The Labute approximate surface area is 143 Å². The van der Waals surface area contributed by atoms with Crippen molar-refractivity contribution in [2.45, 2.75) is 12.8 Å². The number of carboxylic acids is 1. The Morgan fingerprint density at radius 3 is 2.62 bits per heavy atom. The van der Waals surface area contributed by atoms with E-state index in [0.29, 0.717) is 17.3 Å². The third-order valence-electron chi connectivity index (χ3n) is 3.18. The minimum Gasteiger partial charge on any atom is -0.550 e. The van der Waals surface area contributed by atoms with E-state index in [0.717, 1.165) is 22.2 Å². The number of rotatable bonds is 8. The molecule has 0 saturated carbocycles. The maximum absolute atomic E-state index is 12.2. The Morgan fingerprint density at radius 2 is 2.00 bits per heavy atom. The second-order valence-corrected chi connectivity index (χ2v) is 5.97. The van der Waals surface area contributed by atoms with Crippen LogP contribution in [0.1, 0.15) is 18.4 Å². The first-order chi connectivity index (χ1) is 11.5. The number of aliphatic carboxylic acids is 1. The summed E-state index contributed by atoms with van der Waals surface area (Å²) in [7, 11) is 0. The summed E-state index contributed by atoms with van der Waals surface area (Å²) < 4.78 is 5.37. The molecule has 0 bridgehead atoms. The van der Waals surface area contributed by atoms with Gasteiger partial charge in [0.25, 0.3) is 11.1 Å². The highest BCUT2D eigenvalue weighted by molar-refractivity contribution is 8.18. The molecule has 1 aromatic carbocycles. The molecule has 126 valence electrons. The van der Waals surface area contributed by atoms with Crippen molar-refractivity contribution in [2.24, 2.45) is 0 Å². The predicted octanol–water partition coefficient (Wildman–Crippen LogP) is 1.82. The molecule has 1 fully saturated rings. The maximum atomic E-state index is 12.2. The van der Waals surface area contributed by atoms with Gasteiger partial charge in [-0.05, 0) is 48.4 Å². The Bertz CT molecular complexity index is 681. The van der Waals surface area contributed by atoms with E-state index < -0.39 is 17.1 Å². The smallest absolute Gasteiger partial charge is 0.293 e. The lowest BCUT2D eigenvalue weighted by Gasteiger charge is -2.12. The lowest BCUT2D eigenvalue weighted by Crippen LogP contribution is -2.30. The van der Waals surface area contributed by atoms with Gasteiger partial charge in [0, 0.05) is 12.5 Å². The van der Waals surface area contributed by atoms with E-state index in [9.17, 15) is 19.5 Å². The van der Waals surface area contributed by atoms with Gasteiger partial charge in [-0.2, -0.15) is 0 Å². The molecule has 0 aliphatic carbocycles. The summed E-state index contributed by atoms with van der Waals surface area (Å²) in [6.45, 7) is 4.05. The molecule has 2 amide bonds. The summed E-state index contributed by atoms with van der Waals surface area (Å²) in [4.78, 5) is 35.9. The molecule has 1 saturated heterocycles. The van der Waals surface area contributed by atoms with Gasteiger partial charge >= 0.3 is 0 Å². The molecule has 0 spiro atoms. The summed E-state index contributed by atoms with van der Waals surface area (Å²) >= 11 is 0.845. The molecule has 0 aromatic heterocycles. The first-order valence-electron chi connectivity index (χ1n) is 7.30. The summed E-state index contributed by atoms with van der Waals surface area (Å²) in [5, 5.41) is 10.0. The molecular weight excluding hydrogens is 330 g/mol. The molecule has 1 aromatic rings. The van der Waals surface area contributed by atoms with E-state index >= 15 is 0 Å². The molecule has 2 rings (SSSR count). The second-order valence-electron chi connectivity index (χ2n) is 4.98. The molecule has 0 N–H and O–H groups in total. The number of carboxylic acid groups (broad SMARTS) is 1. The van der Waals surface area contributed by atoms with Crippen molar-refractivity contribution in [3.63, 3.8) is 0 Å². The summed E-state index contributed by atoms with van der Waals surface area (Å²) in [5.41, 5.74) is 0.765. The average molecular weight is 346 g/mol. The van der Waals surface area contributed by atoms with E-state index in [2.05, 4.69) is 6.58 Å². The Kier molecular flexibility index (Phi) is 6.20. The second kappa shape index (κ2) is 8.35. The lowest BCUT2D eigenvalue weighted by molar-refractivity contribution is -0.305. The van der Waals surface area contributed by atoms with Gasteiger partial charge < -0.3 is 14.6 Å². The number of benzene rings is 1. The van der Waals surface area contributed by atoms with Crippen molar-refractivity contribution in [3.8, 4) is 5.75 Å². The molecule has 24 heavy (non-hydrogen) atoms. The van der Waals surface area contributed by atoms with Crippen LogP contribution >= 0.6 is 11.8 Å². The van der Waals surface area contributed by atoms with E-state index in [4.69, 9.17) is 4.74 Å². The highest BCUT2D eigenvalue weighted by Crippen LogP contribution is 2.32. The van der Waals surface area contributed by atoms with Gasteiger partial charge in [-0.1, -0.05) is 24.8 Å². The zero-order valence-electron chi connectivity index (χ0n) is 12.9. The fourth-order valence-corrected chi connectivity index (χ4v) is 2.91. The zero-order chi connectivity index (χ0) is 17.5. The number of thioether (sulfide) groups is 1. The molecule has 6 nitrogen and oxygen atoms in total. The van der Waals surface area contributed by atoms with Crippen molar-refractivity contribution >= 4 is 35.0 Å². The van der Waals surface area contributed by atoms with Crippen molar-refractivity contribution in [3.05, 3.63) is 47.4 Å². The monoisotopic (exact) mass is 346 g/mol. The third-order valence-corrected chi connectivity index (χ3v) is 4.09. The van der Waals surface area contributed by atoms with Crippen LogP contribution in [0.4, 0.5) is 4.79 Å². The molecule has 0 unspecified atom stereocenters. The van der Waals surface area contributed by atoms with Gasteiger partial charge in [0.05, 0.1) is 4.91 Å². The zero-order valence-corrected chi connectivity index (χ0v) is 13.7. The van der Waals surface area contributed by atoms with Crippen LogP contribution in [0.2, 0.25) is 0 Å². The fourth-order valence-electron chi connectivity index (χ4n) is 2.04. The van der Waals surface area contributed by atoms with Gasteiger partial charge in [0.1, 0.15) is 12.4 Å². The summed E-state index contributed by atoms with van der Waals surface area (Å²) in [5.74, 6) is -0.922. The molecule has 1 aliphatic rings. The lowest BCUT2D eigenvalue weighted by atomic mass is 10.2. The number of hydrogen-bond acceptors (Lipinski definition) is 6. The quantitative estimate of drug-likeness (QED) is 0.527. The SMILES string of the molecule is C=CCOc1ccc(/C=C2/SC(=O)N(CCCC(=O)[O-])C2=O)cc1. The number of nitrogens with zero attached hydrogens (tertiary/aromatic N) is 1. The van der Waals surface area contributed by atoms with Gasteiger partial charge in [-0.3, -0.25) is 14.5 Å². The number of carbonyl (C=O) groups is 3. The number of ether oxygens (including phenoxy) is 1. The predicted molar refractivity (Wildman–Crippen MR) is 89.1 cm³/mol. The topological polar surface area (TPSA) is 86.7 Å². The van der Waals surface area contributed by atoms with E-state index in [1.165, 1.54) is 0 Å². The minimum absolute atomic E-state index is 0.0737. The van der Waals surface area contributed by atoms with Crippen molar-refractivity contribution in [2.75, 3.05) is 13.2 Å². The van der Waals surface area contributed by atoms with Crippen LogP contribution in [-0.2, 0) is 9.59 Å². The standard InChI is InChI=1S/C17H17NO5S/c1-2-10-23-13-7-5-12(6-8-13)11-14-16(21)18(17(22)24-14)9-3-4-15(19)20/h2,5-8,11H,1,3-4,9-10H2,(H,19,20)/p-1/b14-11+. The Morgan fingerprint density at radius 1 is 1.29 bits per heavy atom. The number of carbonyl (C=O) groups excluding carboxylic acids is 3. The van der Waals surface area contributed by atoms with Crippen LogP contribution in [0.3, 0.4) is 0 Å². The van der Waals surface area contributed by atoms with E-state index in [1.807, 2.05) is 0 Å². The average Bonchev–Trinajstić information content (AvgIpc) is 2.81. The third kappa shape index (κ3) is 4.73. The van der Waals surface area contributed by atoms with E-state index in [1.54, 1.807) is 36.4 Å². The first-order valence-corrected chi connectivity index (χ1v) is 8.12. The molecule has 0 atom stereocenters.